The molecule has 0 aliphatic heterocycles. The second-order valence-corrected chi connectivity index (χ2v) is 7.85. The molecular weight excluding hydrogens is 381 g/mol. The van der Waals surface area contributed by atoms with E-state index in [9.17, 15) is 13.2 Å². The van der Waals surface area contributed by atoms with Crippen LogP contribution in [0, 0.1) is 6.92 Å². The molecule has 1 atom stereocenters. The highest BCUT2D eigenvalue weighted by molar-refractivity contribution is 5.56. The number of pyridine rings is 1. The van der Waals surface area contributed by atoms with Crippen LogP contribution < -0.4 is 5.32 Å². The summed E-state index contributed by atoms with van der Waals surface area (Å²) >= 11 is 0. The van der Waals surface area contributed by atoms with E-state index in [-0.39, 0.29) is 23.2 Å². The molecule has 0 saturated heterocycles. The lowest BCUT2D eigenvalue weighted by Crippen LogP contribution is -2.22. The number of nitrogens with one attached hydrogen (secondary N) is 1. The summed E-state index contributed by atoms with van der Waals surface area (Å²) in [5, 5.41) is 7.58. The van der Waals surface area contributed by atoms with E-state index >= 15 is 0 Å². The van der Waals surface area contributed by atoms with Gasteiger partial charge in [-0.05, 0) is 46.8 Å². The molecule has 0 radical (unpaired) electrons. The van der Waals surface area contributed by atoms with Crippen LogP contribution >= 0.6 is 0 Å². The van der Waals surface area contributed by atoms with Gasteiger partial charge in [-0.1, -0.05) is 0 Å². The first kappa shape index (κ1) is 20.8. The number of aryl methyl sites for hydroxylation is 1. The molecule has 29 heavy (non-hydrogen) atoms. The molecule has 0 spiro atoms. The van der Waals surface area contributed by atoms with Gasteiger partial charge >= 0.3 is 6.18 Å². The Bertz CT molecular complexity index is 990. The van der Waals surface area contributed by atoms with Gasteiger partial charge in [-0.2, -0.15) is 18.3 Å². The van der Waals surface area contributed by atoms with E-state index in [1.54, 1.807) is 12.1 Å². The van der Waals surface area contributed by atoms with Crippen LogP contribution in [0.3, 0.4) is 0 Å². The maximum atomic E-state index is 13.4. The molecule has 3 rings (SSSR count). The van der Waals surface area contributed by atoms with Crippen LogP contribution in [0.5, 0.6) is 0 Å². The van der Waals surface area contributed by atoms with Crippen molar-refractivity contribution in [3.63, 3.8) is 0 Å². The number of hydrogen-bond acceptors (Lipinski definition) is 5. The summed E-state index contributed by atoms with van der Waals surface area (Å²) in [7, 11) is 0. The van der Waals surface area contributed by atoms with Gasteiger partial charge in [0.2, 0.25) is 0 Å². The minimum Gasteiger partial charge on any atom is -0.363 e. The van der Waals surface area contributed by atoms with Crippen LogP contribution in [0.2, 0.25) is 0 Å². The maximum absolute atomic E-state index is 13.4. The molecule has 1 N–H and O–H groups in total. The van der Waals surface area contributed by atoms with E-state index in [1.165, 1.54) is 12.4 Å². The monoisotopic (exact) mass is 404 g/mol. The molecule has 3 aromatic rings. The second-order valence-electron chi connectivity index (χ2n) is 7.85. The fourth-order valence-corrected chi connectivity index (χ4v) is 2.83. The minimum absolute atomic E-state index is 0.0373. The third-order valence-electron chi connectivity index (χ3n) is 4.39. The first-order valence-corrected chi connectivity index (χ1v) is 9.15. The van der Waals surface area contributed by atoms with Crippen LogP contribution in [0.1, 0.15) is 50.7 Å². The summed E-state index contributed by atoms with van der Waals surface area (Å²) in [6.07, 6.45) is 0.279. The topological polar surface area (TPSA) is 68.5 Å². The van der Waals surface area contributed by atoms with Crippen molar-refractivity contribution in [1.29, 1.82) is 0 Å². The van der Waals surface area contributed by atoms with Crippen molar-refractivity contribution in [2.75, 3.05) is 5.32 Å². The van der Waals surface area contributed by atoms with Gasteiger partial charge in [0.1, 0.15) is 5.82 Å². The summed E-state index contributed by atoms with van der Waals surface area (Å²) in [4.78, 5) is 11.9. The van der Waals surface area contributed by atoms with Gasteiger partial charge in [0.25, 0.3) is 0 Å². The molecule has 3 heterocycles. The zero-order valence-corrected chi connectivity index (χ0v) is 16.9. The molecule has 9 heteroatoms. The molecule has 3 aromatic heterocycles. The molecule has 0 saturated carbocycles. The Hall–Kier alpha value is -2.97. The molecule has 0 aliphatic carbocycles. The van der Waals surface area contributed by atoms with Crippen LogP contribution in [-0.4, -0.2) is 24.7 Å². The quantitative estimate of drug-likeness (QED) is 0.663. The largest absolute Gasteiger partial charge is 0.433 e. The molecule has 154 valence electrons. The van der Waals surface area contributed by atoms with Crippen LogP contribution in [0.15, 0.2) is 36.8 Å². The zero-order chi connectivity index (χ0) is 21.4. The van der Waals surface area contributed by atoms with Crippen LogP contribution in [-0.2, 0) is 11.7 Å². The fraction of sp³-hybridized carbons (Fsp3) is 0.400. The standard InChI is InChI=1S/C20H23F3N6/c1-12(15-11-29(19(3,4)5)28-13(15)2)25-17-9-16(20(21,22)23)26-18(27-17)14-7-6-8-24-10-14/h6-12H,1-5H3,(H,25,26,27). The summed E-state index contributed by atoms with van der Waals surface area (Å²) in [6.45, 7) is 9.82. The number of hydrogen-bond donors (Lipinski definition) is 1. The number of anilines is 1. The summed E-state index contributed by atoms with van der Waals surface area (Å²) in [5.74, 6) is 0.0475. The first-order chi connectivity index (χ1) is 13.4. The van der Waals surface area contributed by atoms with Gasteiger partial charge in [-0.15, -0.1) is 0 Å². The van der Waals surface area contributed by atoms with Crippen molar-refractivity contribution < 1.29 is 13.2 Å². The van der Waals surface area contributed by atoms with Crippen molar-refractivity contribution in [1.82, 2.24) is 24.7 Å². The average Bonchev–Trinajstić information content (AvgIpc) is 3.04. The Morgan fingerprint density at radius 2 is 1.86 bits per heavy atom. The SMILES string of the molecule is Cc1nn(C(C)(C)C)cc1C(C)Nc1cc(C(F)(F)F)nc(-c2cccnc2)n1. The van der Waals surface area contributed by atoms with E-state index in [0.717, 1.165) is 17.3 Å². The molecule has 0 aromatic carbocycles. The van der Waals surface area contributed by atoms with Crippen molar-refractivity contribution >= 4 is 5.82 Å². The van der Waals surface area contributed by atoms with Gasteiger partial charge < -0.3 is 5.32 Å². The maximum Gasteiger partial charge on any atom is 0.433 e. The summed E-state index contributed by atoms with van der Waals surface area (Å²) < 4.78 is 42.0. The van der Waals surface area contributed by atoms with Crippen molar-refractivity contribution in [3.8, 4) is 11.4 Å². The molecule has 1 unspecified atom stereocenters. The second kappa shape index (κ2) is 7.46. The van der Waals surface area contributed by atoms with Gasteiger partial charge in [0.15, 0.2) is 11.5 Å². The highest BCUT2D eigenvalue weighted by Crippen LogP contribution is 2.32. The van der Waals surface area contributed by atoms with Crippen molar-refractivity contribution in [2.24, 2.45) is 0 Å². The highest BCUT2D eigenvalue weighted by Gasteiger charge is 2.34. The highest BCUT2D eigenvalue weighted by atomic mass is 19.4. The molecule has 0 bridgehead atoms. The minimum atomic E-state index is -4.59. The van der Waals surface area contributed by atoms with Crippen LogP contribution in [0.25, 0.3) is 11.4 Å². The lowest BCUT2D eigenvalue weighted by Gasteiger charge is -2.19. The van der Waals surface area contributed by atoms with E-state index in [4.69, 9.17) is 0 Å². The third-order valence-corrected chi connectivity index (χ3v) is 4.39. The third kappa shape index (κ3) is 4.72. The number of rotatable bonds is 4. The number of aromatic nitrogens is 5. The Balaban J connectivity index is 1.97. The molecule has 0 amide bonds. The fourth-order valence-electron chi connectivity index (χ4n) is 2.83. The Labute approximate surface area is 167 Å². The zero-order valence-electron chi connectivity index (χ0n) is 16.9. The predicted octanol–water partition coefficient (Wildman–Crippen LogP) is 4.99. The van der Waals surface area contributed by atoms with Crippen molar-refractivity contribution in [3.05, 3.63) is 53.7 Å². The van der Waals surface area contributed by atoms with E-state index in [2.05, 4.69) is 25.4 Å². The predicted molar refractivity (Wildman–Crippen MR) is 104 cm³/mol. The number of halogens is 3. The average molecular weight is 404 g/mol. The van der Waals surface area contributed by atoms with Gasteiger partial charge in [-0.3, -0.25) is 9.67 Å². The van der Waals surface area contributed by atoms with E-state index in [0.29, 0.717) is 5.56 Å². The molecule has 6 nitrogen and oxygen atoms in total. The summed E-state index contributed by atoms with van der Waals surface area (Å²) in [6, 6.07) is 3.86. The van der Waals surface area contributed by atoms with E-state index < -0.39 is 11.9 Å². The van der Waals surface area contributed by atoms with Gasteiger partial charge in [0.05, 0.1) is 17.3 Å². The number of nitrogens with zero attached hydrogens (tertiary/aromatic N) is 5. The van der Waals surface area contributed by atoms with Gasteiger partial charge in [-0.25, -0.2) is 9.97 Å². The van der Waals surface area contributed by atoms with E-state index in [1.807, 2.05) is 45.5 Å². The Morgan fingerprint density at radius 3 is 2.41 bits per heavy atom. The lowest BCUT2D eigenvalue weighted by molar-refractivity contribution is -0.141. The number of alkyl halides is 3. The Kier molecular flexibility index (Phi) is 5.34. The summed E-state index contributed by atoms with van der Waals surface area (Å²) in [5.41, 5.74) is 0.885. The van der Waals surface area contributed by atoms with Crippen LogP contribution in [0.4, 0.5) is 19.0 Å². The lowest BCUT2D eigenvalue weighted by atomic mass is 10.1. The Morgan fingerprint density at radius 1 is 1.14 bits per heavy atom. The first-order valence-electron chi connectivity index (χ1n) is 9.15. The van der Waals surface area contributed by atoms with Crippen molar-refractivity contribution in [2.45, 2.75) is 52.4 Å². The molecule has 0 aliphatic rings. The smallest absolute Gasteiger partial charge is 0.363 e. The van der Waals surface area contributed by atoms with Gasteiger partial charge in [0, 0.05) is 35.8 Å². The molecular formula is C20H23F3N6. The molecule has 0 fully saturated rings. The normalized spacial score (nSPS) is 13.4.